The molecule has 0 radical (unpaired) electrons. The molecule has 7 heteroatoms. The quantitative estimate of drug-likeness (QED) is 0.782. The number of carbonyl (C=O) groups excluding carboxylic acids is 1. The summed E-state index contributed by atoms with van der Waals surface area (Å²) in [7, 11) is 0. The molecule has 1 aliphatic carbocycles. The van der Waals surface area contributed by atoms with E-state index in [1.165, 1.54) is 0 Å². The number of hydrogen-bond acceptors (Lipinski definition) is 2. The van der Waals surface area contributed by atoms with Crippen molar-refractivity contribution < 1.29 is 22.4 Å². The van der Waals surface area contributed by atoms with Crippen molar-refractivity contribution >= 4 is 5.91 Å². The lowest BCUT2D eigenvalue weighted by molar-refractivity contribution is -0.181. The molecule has 0 aromatic carbocycles. The van der Waals surface area contributed by atoms with Crippen molar-refractivity contribution in [2.24, 2.45) is 0 Å². The third-order valence-corrected chi connectivity index (χ3v) is 3.64. The molecule has 0 aromatic heterocycles. The van der Waals surface area contributed by atoms with Gasteiger partial charge in [-0.15, -0.1) is 0 Å². The maximum absolute atomic E-state index is 13.2. The van der Waals surface area contributed by atoms with Crippen molar-refractivity contribution in [3.8, 4) is 0 Å². The van der Waals surface area contributed by atoms with E-state index in [9.17, 15) is 22.4 Å². The van der Waals surface area contributed by atoms with Gasteiger partial charge in [0, 0.05) is 18.6 Å². The van der Waals surface area contributed by atoms with Crippen molar-refractivity contribution in [3.63, 3.8) is 0 Å². The van der Waals surface area contributed by atoms with E-state index in [0.29, 0.717) is 12.8 Å². The van der Waals surface area contributed by atoms with Crippen LogP contribution in [0.25, 0.3) is 0 Å². The zero-order valence-electron chi connectivity index (χ0n) is 10.5. The Morgan fingerprint density at radius 2 is 1.95 bits per heavy atom. The molecule has 110 valence electrons. The zero-order chi connectivity index (χ0) is 14.0. The number of nitrogens with one attached hydrogen (secondary N) is 1. The van der Waals surface area contributed by atoms with Crippen LogP contribution in [0.5, 0.6) is 0 Å². The van der Waals surface area contributed by atoms with E-state index in [4.69, 9.17) is 0 Å². The second-order valence-electron chi connectivity index (χ2n) is 5.26. The lowest BCUT2D eigenvalue weighted by Crippen LogP contribution is -2.53. The highest BCUT2D eigenvalue weighted by molar-refractivity contribution is 5.84. The smallest absolute Gasteiger partial charge is 0.333 e. The Hall–Kier alpha value is -0.850. The van der Waals surface area contributed by atoms with Crippen LogP contribution < -0.4 is 5.32 Å². The van der Waals surface area contributed by atoms with Crippen molar-refractivity contribution in [3.05, 3.63) is 0 Å². The average molecular weight is 282 g/mol. The number of carbonyl (C=O) groups is 1. The van der Waals surface area contributed by atoms with Crippen LogP contribution in [-0.4, -0.2) is 48.3 Å². The molecule has 1 saturated carbocycles. The summed E-state index contributed by atoms with van der Waals surface area (Å²) in [5.41, 5.74) is 0. The van der Waals surface area contributed by atoms with Gasteiger partial charge in [-0.2, -0.15) is 8.78 Å². The van der Waals surface area contributed by atoms with Gasteiger partial charge >= 0.3 is 12.3 Å². The summed E-state index contributed by atoms with van der Waals surface area (Å²) in [5.74, 6) is -6.30. The van der Waals surface area contributed by atoms with E-state index in [1.54, 1.807) is 0 Å². The Kier molecular flexibility index (Phi) is 4.32. The van der Waals surface area contributed by atoms with E-state index >= 15 is 0 Å². The van der Waals surface area contributed by atoms with Crippen LogP contribution in [0.15, 0.2) is 0 Å². The van der Waals surface area contributed by atoms with Crippen LogP contribution >= 0.6 is 0 Å². The van der Waals surface area contributed by atoms with Crippen LogP contribution in [0.1, 0.15) is 32.1 Å². The fourth-order valence-electron chi connectivity index (χ4n) is 2.39. The highest BCUT2D eigenvalue weighted by Gasteiger charge is 2.53. The van der Waals surface area contributed by atoms with Crippen LogP contribution in [0, 0.1) is 0 Å². The van der Waals surface area contributed by atoms with Gasteiger partial charge in [-0.25, -0.2) is 8.78 Å². The number of hydrogen-bond donors (Lipinski definition) is 1. The minimum absolute atomic E-state index is 0.0632. The predicted octanol–water partition coefficient (Wildman–Crippen LogP) is 2.02. The molecule has 0 bridgehead atoms. The first-order valence-electron chi connectivity index (χ1n) is 6.63. The highest BCUT2D eigenvalue weighted by atomic mass is 19.3. The number of rotatable bonds is 5. The number of alkyl halides is 4. The Morgan fingerprint density at radius 3 is 2.42 bits per heavy atom. The molecule has 0 aromatic rings. The minimum atomic E-state index is -4.57. The molecule has 1 unspecified atom stereocenters. The molecule has 1 amide bonds. The van der Waals surface area contributed by atoms with E-state index in [0.717, 1.165) is 30.7 Å². The maximum Gasteiger partial charge on any atom is 0.383 e. The lowest BCUT2D eigenvalue weighted by Gasteiger charge is -2.32. The van der Waals surface area contributed by atoms with Gasteiger partial charge in [0.05, 0.1) is 0 Å². The van der Waals surface area contributed by atoms with Gasteiger partial charge in [-0.05, 0) is 32.2 Å². The molecule has 1 aliphatic heterocycles. The Labute approximate surface area is 109 Å². The van der Waals surface area contributed by atoms with Crippen LogP contribution in [0.4, 0.5) is 17.6 Å². The summed E-state index contributed by atoms with van der Waals surface area (Å²) < 4.78 is 50.9. The van der Waals surface area contributed by atoms with Crippen molar-refractivity contribution in [2.45, 2.75) is 56.5 Å². The fourth-order valence-corrected chi connectivity index (χ4v) is 2.39. The zero-order valence-corrected chi connectivity index (χ0v) is 10.5. The Morgan fingerprint density at radius 1 is 1.26 bits per heavy atom. The number of nitrogens with zero attached hydrogens (tertiary/aromatic N) is 1. The molecule has 0 spiro atoms. The van der Waals surface area contributed by atoms with Crippen molar-refractivity contribution in [2.75, 3.05) is 13.1 Å². The van der Waals surface area contributed by atoms with Crippen LogP contribution in [-0.2, 0) is 4.79 Å². The lowest BCUT2D eigenvalue weighted by atomic mass is 10.0. The molecule has 3 nitrogen and oxygen atoms in total. The van der Waals surface area contributed by atoms with Crippen LogP contribution in [0.2, 0.25) is 0 Å². The molecular formula is C12H18F4N2O. The molecule has 2 fully saturated rings. The van der Waals surface area contributed by atoms with Gasteiger partial charge in [0.1, 0.15) is 0 Å². The predicted molar refractivity (Wildman–Crippen MR) is 61.3 cm³/mol. The van der Waals surface area contributed by atoms with Crippen LogP contribution in [0.3, 0.4) is 0 Å². The van der Waals surface area contributed by atoms with Gasteiger partial charge in [-0.1, -0.05) is 6.42 Å². The minimum Gasteiger partial charge on any atom is -0.333 e. The molecule has 2 rings (SSSR count). The monoisotopic (exact) mass is 282 g/mol. The summed E-state index contributed by atoms with van der Waals surface area (Å²) in [6, 6.07) is -0.354. The standard InChI is InChI=1S/C12H18F4N2O/c13-10(14)12(15,16)11(19)18(9-4-5-9)7-8-3-1-2-6-17-8/h8-10,17H,1-7H2. The normalized spacial score (nSPS) is 24.6. The topological polar surface area (TPSA) is 32.3 Å². The molecule has 1 atom stereocenters. The maximum atomic E-state index is 13.2. The van der Waals surface area contributed by atoms with Gasteiger partial charge < -0.3 is 10.2 Å². The molecule has 1 N–H and O–H groups in total. The number of amides is 1. The first kappa shape index (κ1) is 14.6. The van der Waals surface area contributed by atoms with Gasteiger partial charge in [-0.3, -0.25) is 4.79 Å². The van der Waals surface area contributed by atoms with Gasteiger partial charge in [0.2, 0.25) is 0 Å². The van der Waals surface area contributed by atoms with E-state index in [-0.39, 0.29) is 18.6 Å². The van der Waals surface area contributed by atoms with Crippen molar-refractivity contribution in [1.29, 1.82) is 0 Å². The first-order valence-corrected chi connectivity index (χ1v) is 6.63. The summed E-state index contributed by atoms with van der Waals surface area (Å²) in [5, 5.41) is 3.14. The van der Waals surface area contributed by atoms with Gasteiger partial charge in [0.15, 0.2) is 0 Å². The molecule has 1 heterocycles. The SMILES string of the molecule is O=C(N(CC1CCCCN1)C1CC1)C(F)(F)C(F)F. The summed E-state index contributed by atoms with van der Waals surface area (Å²) in [6.45, 7) is 0.883. The van der Waals surface area contributed by atoms with E-state index in [2.05, 4.69) is 5.32 Å². The second-order valence-corrected chi connectivity index (χ2v) is 5.26. The number of halogens is 4. The van der Waals surface area contributed by atoms with E-state index in [1.807, 2.05) is 0 Å². The van der Waals surface area contributed by atoms with Gasteiger partial charge in [0.25, 0.3) is 5.91 Å². The molecule has 2 aliphatic rings. The summed E-state index contributed by atoms with van der Waals surface area (Å²) in [4.78, 5) is 12.6. The fraction of sp³-hybridized carbons (Fsp3) is 0.917. The molecule has 1 saturated heterocycles. The Bertz CT molecular complexity index is 328. The van der Waals surface area contributed by atoms with Crippen molar-refractivity contribution in [1.82, 2.24) is 10.2 Å². The second kappa shape index (κ2) is 5.64. The van der Waals surface area contributed by atoms with E-state index < -0.39 is 18.3 Å². The Balaban J connectivity index is 2.01. The highest BCUT2D eigenvalue weighted by Crippen LogP contribution is 2.33. The third kappa shape index (κ3) is 3.38. The molecule has 19 heavy (non-hydrogen) atoms. The molecular weight excluding hydrogens is 264 g/mol. The summed E-state index contributed by atoms with van der Waals surface area (Å²) >= 11 is 0. The first-order chi connectivity index (χ1) is 8.93. The summed E-state index contributed by atoms with van der Waals surface area (Å²) in [6.07, 6.45) is 0.0729. The number of piperidine rings is 1. The average Bonchev–Trinajstić information content (AvgIpc) is 3.20. The third-order valence-electron chi connectivity index (χ3n) is 3.64. The largest absolute Gasteiger partial charge is 0.383 e.